The highest BCUT2D eigenvalue weighted by atomic mass is 35.5. The van der Waals surface area contributed by atoms with Crippen LogP contribution in [0.15, 0.2) is 41.9 Å². The molecule has 0 unspecified atom stereocenters. The molecule has 3 aromatic heterocycles. The quantitative estimate of drug-likeness (QED) is 0.424. The Bertz CT molecular complexity index is 1200. The highest BCUT2D eigenvalue weighted by molar-refractivity contribution is 7.20. The first-order valence-corrected chi connectivity index (χ1v) is 12.3. The number of amides is 1. The van der Waals surface area contributed by atoms with Gasteiger partial charge in [0.15, 0.2) is 5.13 Å². The summed E-state index contributed by atoms with van der Waals surface area (Å²) in [7, 11) is 0. The standard InChI is InChI=1S/C22H22ClN5OS2/c1-15-18-13-19(31-21(18)28(25-15)14-16-3-5-17(23)6-4-16)20(29)26-8-2-9-27(11-10-26)22-24-7-12-30-22/h3-7,12-13H,2,8-11,14H2,1H3. The van der Waals surface area contributed by atoms with E-state index < -0.39 is 0 Å². The number of aryl methyl sites for hydroxylation is 1. The third kappa shape index (κ3) is 4.20. The normalized spacial score (nSPS) is 14.9. The van der Waals surface area contributed by atoms with Crippen molar-refractivity contribution in [2.75, 3.05) is 31.1 Å². The van der Waals surface area contributed by atoms with E-state index in [4.69, 9.17) is 16.7 Å². The van der Waals surface area contributed by atoms with Crippen molar-refractivity contribution >= 4 is 55.5 Å². The summed E-state index contributed by atoms with van der Waals surface area (Å²) in [5, 5.41) is 9.50. The maximum absolute atomic E-state index is 13.3. The van der Waals surface area contributed by atoms with Crippen molar-refractivity contribution in [1.82, 2.24) is 19.7 Å². The van der Waals surface area contributed by atoms with Crippen molar-refractivity contribution in [3.63, 3.8) is 0 Å². The fourth-order valence-electron chi connectivity index (χ4n) is 3.93. The van der Waals surface area contributed by atoms with E-state index in [-0.39, 0.29) is 5.91 Å². The zero-order valence-electron chi connectivity index (χ0n) is 17.1. The summed E-state index contributed by atoms with van der Waals surface area (Å²) in [5.41, 5.74) is 2.08. The number of thiophene rings is 1. The number of benzene rings is 1. The van der Waals surface area contributed by atoms with Gasteiger partial charge in [0.25, 0.3) is 5.91 Å². The van der Waals surface area contributed by atoms with Crippen LogP contribution < -0.4 is 4.90 Å². The van der Waals surface area contributed by atoms with Crippen LogP contribution in [-0.2, 0) is 6.54 Å². The summed E-state index contributed by atoms with van der Waals surface area (Å²) in [5.74, 6) is 0.111. The molecular weight excluding hydrogens is 450 g/mol. The van der Waals surface area contributed by atoms with Crippen LogP contribution >= 0.6 is 34.3 Å². The van der Waals surface area contributed by atoms with Gasteiger partial charge in [-0.3, -0.25) is 9.48 Å². The Morgan fingerprint density at radius 1 is 1.16 bits per heavy atom. The lowest BCUT2D eigenvalue weighted by Crippen LogP contribution is -2.34. The third-order valence-electron chi connectivity index (χ3n) is 5.54. The Hall–Kier alpha value is -2.42. The first kappa shape index (κ1) is 20.5. The number of halogens is 1. The van der Waals surface area contributed by atoms with Crippen LogP contribution in [0.3, 0.4) is 0 Å². The Balaban J connectivity index is 1.35. The number of aromatic nitrogens is 3. The molecule has 0 radical (unpaired) electrons. The molecule has 0 N–H and O–H groups in total. The molecule has 31 heavy (non-hydrogen) atoms. The molecule has 0 aliphatic carbocycles. The first-order chi connectivity index (χ1) is 15.1. The van der Waals surface area contributed by atoms with E-state index in [9.17, 15) is 4.79 Å². The lowest BCUT2D eigenvalue weighted by atomic mass is 10.2. The second kappa shape index (κ2) is 8.61. The number of hydrogen-bond donors (Lipinski definition) is 0. The average Bonchev–Trinajstić information content (AvgIpc) is 3.46. The highest BCUT2D eigenvalue weighted by Gasteiger charge is 2.24. The van der Waals surface area contributed by atoms with E-state index in [0.717, 1.165) is 62.6 Å². The van der Waals surface area contributed by atoms with Gasteiger partial charge in [-0.05, 0) is 37.1 Å². The summed E-state index contributed by atoms with van der Waals surface area (Å²) in [6.07, 6.45) is 2.78. The van der Waals surface area contributed by atoms with Crippen molar-refractivity contribution < 1.29 is 4.79 Å². The second-order valence-electron chi connectivity index (χ2n) is 7.65. The van der Waals surface area contributed by atoms with Gasteiger partial charge in [-0.15, -0.1) is 22.7 Å². The van der Waals surface area contributed by atoms with E-state index in [2.05, 4.69) is 9.88 Å². The maximum Gasteiger partial charge on any atom is 0.264 e. The number of carbonyl (C=O) groups excluding carboxylic acids is 1. The molecule has 1 fully saturated rings. The van der Waals surface area contributed by atoms with Crippen LogP contribution in [0.5, 0.6) is 0 Å². The van der Waals surface area contributed by atoms with Gasteiger partial charge in [0.1, 0.15) is 4.83 Å². The summed E-state index contributed by atoms with van der Waals surface area (Å²) >= 11 is 9.19. The zero-order chi connectivity index (χ0) is 21.4. The molecule has 0 bridgehead atoms. The highest BCUT2D eigenvalue weighted by Crippen LogP contribution is 2.30. The van der Waals surface area contributed by atoms with Gasteiger partial charge in [0.2, 0.25) is 0 Å². The van der Waals surface area contributed by atoms with Crippen molar-refractivity contribution in [3.8, 4) is 0 Å². The van der Waals surface area contributed by atoms with Crippen LogP contribution in [0.25, 0.3) is 10.2 Å². The van der Waals surface area contributed by atoms with E-state index in [0.29, 0.717) is 13.1 Å². The molecule has 4 heterocycles. The smallest absolute Gasteiger partial charge is 0.264 e. The van der Waals surface area contributed by atoms with Crippen molar-refractivity contribution in [2.45, 2.75) is 19.9 Å². The fourth-order valence-corrected chi connectivity index (χ4v) is 5.88. The number of nitrogens with zero attached hydrogens (tertiary/aromatic N) is 5. The average molecular weight is 472 g/mol. The Morgan fingerprint density at radius 2 is 2.00 bits per heavy atom. The topological polar surface area (TPSA) is 54.3 Å². The molecule has 0 saturated carbocycles. The molecule has 1 aliphatic heterocycles. The van der Waals surface area contributed by atoms with Gasteiger partial charge in [0, 0.05) is 48.2 Å². The Morgan fingerprint density at radius 3 is 2.77 bits per heavy atom. The van der Waals surface area contributed by atoms with Crippen LogP contribution in [0.4, 0.5) is 5.13 Å². The van der Waals surface area contributed by atoms with Crippen molar-refractivity contribution in [2.24, 2.45) is 0 Å². The number of rotatable bonds is 4. The molecule has 1 saturated heterocycles. The van der Waals surface area contributed by atoms with Gasteiger partial charge in [0.05, 0.1) is 17.1 Å². The lowest BCUT2D eigenvalue weighted by molar-refractivity contribution is 0.0772. The van der Waals surface area contributed by atoms with Gasteiger partial charge in [-0.1, -0.05) is 23.7 Å². The molecule has 160 valence electrons. The third-order valence-corrected chi connectivity index (χ3v) is 7.76. The summed E-state index contributed by atoms with van der Waals surface area (Å²) in [6.45, 7) is 5.88. The van der Waals surface area contributed by atoms with Gasteiger partial charge in [-0.2, -0.15) is 5.10 Å². The Labute approximate surface area is 193 Å². The van der Waals surface area contributed by atoms with Gasteiger partial charge >= 0.3 is 0 Å². The number of carbonyl (C=O) groups is 1. The number of anilines is 1. The van der Waals surface area contributed by atoms with Crippen LogP contribution in [0, 0.1) is 6.92 Å². The SMILES string of the molecule is Cc1nn(Cc2ccc(Cl)cc2)c2sc(C(=O)N3CCCN(c4nccs4)CC3)cc12. The molecule has 9 heteroatoms. The van der Waals surface area contributed by atoms with Crippen molar-refractivity contribution in [1.29, 1.82) is 0 Å². The number of thiazole rings is 1. The zero-order valence-corrected chi connectivity index (χ0v) is 19.5. The molecule has 5 rings (SSSR count). The van der Waals surface area contributed by atoms with E-state index >= 15 is 0 Å². The minimum Gasteiger partial charge on any atom is -0.346 e. The minimum absolute atomic E-state index is 0.111. The van der Waals surface area contributed by atoms with E-state index in [1.165, 1.54) is 11.3 Å². The van der Waals surface area contributed by atoms with E-state index in [1.807, 2.05) is 58.4 Å². The molecule has 1 amide bonds. The monoisotopic (exact) mass is 471 g/mol. The second-order valence-corrected chi connectivity index (χ2v) is 9.99. The van der Waals surface area contributed by atoms with Gasteiger partial charge in [-0.25, -0.2) is 4.98 Å². The fraction of sp³-hybridized carbons (Fsp3) is 0.318. The number of fused-ring (bicyclic) bond motifs is 1. The van der Waals surface area contributed by atoms with E-state index in [1.54, 1.807) is 11.3 Å². The molecule has 6 nitrogen and oxygen atoms in total. The van der Waals surface area contributed by atoms with Crippen molar-refractivity contribution in [3.05, 3.63) is 63.1 Å². The molecule has 0 spiro atoms. The van der Waals surface area contributed by atoms with Crippen LogP contribution in [0.1, 0.15) is 27.3 Å². The summed E-state index contributed by atoms with van der Waals surface area (Å²) in [4.78, 5) is 23.8. The van der Waals surface area contributed by atoms with Gasteiger partial charge < -0.3 is 9.80 Å². The Kier molecular flexibility index (Phi) is 5.69. The molecule has 4 aromatic rings. The summed E-state index contributed by atoms with van der Waals surface area (Å²) < 4.78 is 1.99. The maximum atomic E-state index is 13.3. The van der Waals surface area contributed by atoms with Crippen LogP contribution in [0.2, 0.25) is 5.02 Å². The first-order valence-electron chi connectivity index (χ1n) is 10.2. The molecular formula is C22H22ClN5OS2. The molecule has 0 atom stereocenters. The number of hydrogen-bond acceptors (Lipinski definition) is 6. The lowest BCUT2D eigenvalue weighted by Gasteiger charge is -2.21. The van der Waals surface area contributed by atoms with Crippen LogP contribution in [-0.4, -0.2) is 51.8 Å². The molecule has 1 aliphatic rings. The predicted molar refractivity (Wildman–Crippen MR) is 128 cm³/mol. The largest absolute Gasteiger partial charge is 0.346 e. The summed E-state index contributed by atoms with van der Waals surface area (Å²) in [6, 6.07) is 9.81. The predicted octanol–water partition coefficient (Wildman–Crippen LogP) is 4.92. The minimum atomic E-state index is 0.111. The molecule has 1 aromatic carbocycles.